The van der Waals surface area contributed by atoms with Gasteiger partial charge < -0.3 is 10.4 Å². The van der Waals surface area contributed by atoms with E-state index in [-0.39, 0.29) is 19.6 Å². The number of nitrogens with one attached hydrogen (secondary N) is 1. The van der Waals surface area contributed by atoms with Gasteiger partial charge in [0.05, 0.1) is 16.6 Å². The SMILES string of the molecule is O=C(NCCCO)c1cc(F)cc([N+](=O)[O-])c1F. The second kappa shape index (κ2) is 6.01. The van der Waals surface area contributed by atoms with Gasteiger partial charge in [-0.15, -0.1) is 0 Å². The number of nitro benzene ring substituents is 1. The fourth-order valence-electron chi connectivity index (χ4n) is 1.25. The molecule has 0 saturated heterocycles. The molecule has 18 heavy (non-hydrogen) atoms. The third-order valence-corrected chi connectivity index (χ3v) is 2.08. The number of nitro groups is 1. The minimum atomic E-state index is -1.39. The molecule has 0 aliphatic rings. The molecule has 6 nitrogen and oxygen atoms in total. The van der Waals surface area contributed by atoms with E-state index in [2.05, 4.69) is 5.32 Å². The molecule has 0 saturated carbocycles. The molecule has 0 atom stereocenters. The molecule has 0 aliphatic carbocycles. The highest BCUT2D eigenvalue weighted by Crippen LogP contribution is 2.22. The average molecular weight is 260 g/mol. The first-order chi connectivity index (χ1) is 8.47. The van der Waals surface area contributed by atoms with Crippen LogP contribution < -0.4 is 5.32 Å². The van der Waals surface area contributed by atoms with Crippen LogP contribution in [0.25, 0.3) is 0 Å². The molecule has 0 heterocycles. The largest absolute Gasteiger partial charge is 0.396 e. The molecule has 0 aliphatic heterocycles. The van der Waals surface area contributed by atoms with Crippen molar-refractivity contribution in [2.75, 3.05) is 13.2 Å². The van der Waals surface area contributed by atoms with E-state index in [1.54, 1.807) is 0 Å². The zero-order chi connectivity index (χ0) is 13.7. The summed E-state index contributed by atoms with van der Waals surface area (Å²) in [6.07, 6.45) is 0.241. The molecule has 2 N–H and O–H groups in total. The predicted octanol–water partition coefficient (Wildman–Crippen LogP) is 0.985. The van der Waals surface area contributed by atoms with E-state index < -0.39 is 33.7 Å². The molecule has 1 aromatic rings. The van der Waals surface area contributed by atoms with E-state index in [1.165, 1.54) is 0 Å². The first kappa shape index (κ1) is 14.0. The van der Waals surface area contributed by atoms with Crippen LogP contribution in [0.2, 0.25) is 0 Å². The van der Waals surface area contributed by atoms with Gasteiger partial charge in [0.1, 0.15) is 5.82 Å². The maximum Gasteiger partial charge on any atom is 0.308 e. The lowest BCUT2D eigenvalue weighted by Gasteiger charge is -2.05. The van der Waals surface area contributed by atoms with E-state index in [0.717, 1.165) is 0 Å². The maximum absolute atomic E-state index is 13.5. The van der Waals surface area contributed by atoms with Crippen LogP contribution in [-0.2, 0) is 0 Å². The van der Waals surface area contributed by atoms with Crippen LogP contribution in [0.15, 0.2) is 12.1 Å². The van der Waals surface area contributed by atoms with Crippen LogP contribution in [0.4, 0.5) is 14.5 Å². The number of hydrogen-bond donors (Lipinski definition) is 2. The Morgan fingerprint density at radius 2 is 2.11 bits per heavy atom. The molecule has 1 amide bonds. The summed E-state index contributed by atoms with van der Waals surface area (Å²) < 4.78 is 26.6. The number of hydrogen-bond acceptors (Lipinski definition) is 4. The van der Waals surface area contributed by atoms with Crippen LogP contribution in [0, 0.1) is 21.7 Å². The smallest absolute Gasteiger partial charge is 0.308 e. The number of aliphatic hydroxyl groups excluding tert-OH is 1. The van der Waals surface area contributed by atoms with Crippen molar-refractivity contribution >= 4 is 11.6 Å². The van der Waals surface area contributed by atoms with Gasteiger partial charge in [-0.05, 0) is 12.5 Å². The topological polar surface area (TPSA) is 92.5 Å². The number of carbonyl (C=O) groups excluding carboxylic acids is 1. The predicted molar refractivity (Wildman–Crippen MR) is 57.0 cm³/mol. The van der Waals surface area contributed by atoms with Crippen LogP contribution >= 0.6 is 0 Å². The molecule has 0 aromatic heterocycles. The highest BCUT2D eigenvalue weighted by Gasteiger charge is 2.23. The Kier molecular flexibility index (Phi) is 4.67. The zero-order valence-corrected chi connectivity index (χ0v) is 9.15. The molecule has 0 bridgehead atoms. The lowest BCUT2D eigenvalue weighted by Crippen LogP contribution is -2.26. The number of aliphatic hydroxyl groups is 1. The van der Waals surface area contributed by atoms with E-state index in [0.29, 0.717) is 12.1 Å². The van der Waals surface area contributed by atoms with Gasteiger partial charge in [-0.3, -0.25) is 14.9 Å². The second-order valence-electron chi connectivity index (χ2n) is 3.38. The third-order valence-electron chi connectivity index (χ3n) is 2.08. The second-order valence-corrected chi connectivity index (χ2v) is 3.38. The average Bonchev–Trinajstić information content (AvgIpc) is 2.31. The van der Waals surface area contributed by atoms with Gasteiger partial charge in [0.15, 0.2) is 0 Å². The van der Waals surface area contributed by atoms with Crippen LogP contribution in [0.5, 0.6) is 0 Å². The monoisotopic (exact) mass is 260 g/mol. The Bertz CT molecular complexity index is 479. The van der Waals surface area contributed by atoms with Crippen LogP contribution in [0.1, 0.15) is 16.8 Å². The van der Waals surface area contributed by atoms with E-state index in [4.69, 9.17) is 5.11 Å². The number of benzene rings is 1. The first-order valence-electron chi connectivity index (χ1n) is 5.00. The highest BCUT2D eigenvalue weighted by atomic mass is 19.1. The minimum absolute atomic E-state index is 0.0546. The lowest BCUT2D eigenvalue weighted by molar-refractivity contribution is -0.387. The molecule has 98 valence electrons. The van der Waals surface area contributed by atoms with E-state index in [9.17, 15) is 23.7 Å². The van der Waals surface area contributed by atoms with Crippen LogP contribution in [-0.4, -0.2) is 29.1 Å². The summed E-state index contributed by atoms with van der Waals surface area (Å²) in [5, 5.41) is 21.1. The summed E-state index contributed by atoms with van der Waals surface area (Å²) in [5.41, 5.74) is -1.83. The van der Waals surface area contributed by atoms with Crippen LogP contribution in [0.3, 0.4) is 0 Å². The lowest BCUT2D eigenvalue weighted by atomic mass is 10.1. The molecule has 0 fully saturated rings. The Morgan fingerprint density at radius 3 is 2.67 bits per heavy atom. The summed E-state index contributed by atoms with van der Waals surface area (Å²) in [7, 11) is 0. The normalized spacial score (nSPS) is 10.2. The van der Waals surface area contributed by atoms with Crippen molar-refractivity contribution in [1.29, 1.82) is 0 Å². The Morgan fingerprint density at radius 1 is 1.44 bits per heavy atom. The van der Waals surface area contributed by atoms with Gasteiger partial charge >= 0.3 is 5.69 Å². The van der Waals surface area contributed by atoms with Crippen molar-refractivity contribution in [2.45, 2.75) is 6.42 Å². The molecular formula is C10H10F2N2O4. The van der Waals surface area contributed by atoms with E-state index in [1.807, 2.05) is 0 Å². The van der Waals surface area contributed by atoms with E-state index >= 15 is 0 Å². The molecule has 0 unspecified atom stereocenters. The summed E-state index contributed by atoms with van der Waals surface area (Å²) in [5.74, 6) is -3.43. The fraction of sp³-hybridized carbons (Fsp3) is 0.300. The quantitative estimate of drug-likeness (QED) is 0.469. The highest BCUT2D eigenvalue weighted by molar-refractivity contribution is 5.95. The molecular weight excluding hydrogens is 250 g/mol. The summed E-state index contributed by atoms with van der Waals surface area (Å²) >= 11 is 0. The molecule has 1 rings (SSSR count). The summed E-state index contributed by atoms with van der Waals surface area (Å²) in [6, 6.07) is 0.983. The van der Waals surface area contributed by atoms with Gasteiger partial charge in [0.25, 0.3) is 5.91 Å². The standard InChI is InChI=1S/C10H10F2N2O4/c11-6-4-7(10(16)13-2-1-3-15)9(12)8(5-6)14(17)18/h4-5,15H,1-3H2,(H,13,16). The summed E-state index contributed by atoms with van der Waals surface area (Å²) in [4.78, 5) is 20.8. The van der Waals surface area contributed by atoms with Crippen molar-refractivity contribution in [3.05, 3.63) is 39.4 Å². The number of carbonyl (C=O) groups is 1. The molecule has 8 heteroatoms. The van der Waals surface area contributed by atoms with Gasteiger partial charge in [-0.1, -0.05) is 0 Å². The Balaban J connectivity index is 3.01. The van der Waals surface area contributed by atoms with Crippen molar-refractivity contribution in [1.82, 2.24) is 5.32 Å². The van der Waals surface area contributed by atoms with Gasteiger partial charge in [0, 0.05) is 13.2 Å². The number of rotatable bonds is 5. The Labute approximate surface area is 100 Å². The maximum atomic E-state index is 13.5. The van der Waals surface area contributed by atoms with Crippen molar-refractivity contribution in [3.8, 4) is 0 Å². The third kappa shape index (κ3) is 3.20. The van der Waals surface area contributed by atoms with Gasteiger partial charge in [0.2, 0.25) is 5.82 Å². The molecule has 1 aromatic carbocycles. The summed E-state index contributed by atoms with van der Waals surface area (Å²) in [6.45, 7) is -0.120. The van der Waals surface area contributed by atoms with Gasteiger partial charge in [-0.25, -0.2) is 4.39 Å². The minimum Gasteiger partial charge on any atom is -0.396 e. The zero-order valence-electron chi connectivity index (χ0n) is 9.15. The number of halogens is 2. The molecule has 0 spiro atoms. The van der Waals surface area contributed by atoms with Gasteiger partial charge in [-0.2, -0.15) is 4.39 Å². The number of nitrogens with zero attached hydrogens (tertiary/aromatic N) is 1. The van der Waals surface area contributed by atoms with Crippen molar-refractivity contribution < 1.29 is 23.6 Å². The number of amides is 1. The Hall–Kier alpha value is -2.09. The van der Waals surface area contributed by atoms with Crippen molar-refractivity contribution in [2.24, 2.45) is 0 Å². The molecule has 0 radical (unpaired) electrons. The first-order valence-corrected chi connectivity index (χ1v) is 5.00. The fourth-order valence-corrected chi connectivity index (χ4v) is 1.25. The van der Waals surface area contributed by atoms with Crippen molar-refractivity contribution in [3.63, 3.8) is 0 Å².